The molecule has 0 saturated heterocycles. The third-order valence-corrected chi connectivity index (χ3v) is 3.34. The summed E-state index contributed by atoms with van der Waals surface area (Å²) in [6.45, 7) is 0. The van der Waals surface area contributed by atoms with Gasteiger partial charge < -0.3 is 5.32 Å². The third kappa shape index (κ3) is 3.75. The van der Waals surface area contributed by atoms with Gasteiger partial charge >= 0.3 is 0 Å². The molecule has 0 aliphatic rings. The minimum absolute atomic E-state index is 0.108. The smallest absolute Gasteiger partial charge is 0.288 e. The van der Waals surface area contributed by atoms with E-state index < -0.39 is 28.9 Å². The Labute approximate surface area is 122 Å². The summed E-state index contributed by atoms with van der Waals surface area (Å²) in [6.07, 6.45) is 0. The minimum Gasteiger partial charge on any atom is -0.321 e. The van der Waals surface area contributed by atoms with Crippen molar-refractivity contribution in [2.75, 3.05) is 5.32 Å². The average molecular weight is 315 g/mol. The highest BCUT2D eigenvalue weighted by molar-refractivity contribution is 7.99. The predicted octanol–water partition coefficient (Wildman–Crippen LogP) is 4.53. The first-order valence-electron chi connectivity index (χ1n) is 5.78. The molecule has 110 valence electrons. The molecule has 21 heavy (non-hydrogen) atoms. The van der Waals surface area contributed by atoms with Crippen LogP contribution in [0.5, 0.6) is 0 Å². The van der Waals surface area contributed by atoms with Gasteiger partial charge in [0.2, 0.25) is 0 Å². The summed E-state index contributed by atoms with van der Waals surface area (Å²) in [5, 5.41) is 2.30. The van der Waals surface area contributed by atoms with Gasteiger partial charge in [-0.1, -0.05) is 30.0 Å². The highest BCUT2D eigenvalue weighted by Crippen LogP contribution is 2.32. The lowest BCUT2D eigenvalue weighted by molar-refractivity contribution is 0.102. The lowest BCUT2D eigenvalue weighted by Gasteiger charge is -2.10. The summed E-state index contributed by atoms with van der Waals surface area (Å²) in [5.41, 5.74) is -0.386. The Balaban J connectivity index is 2.26. The zero-order valence-corrected chi connectivity index (χ0v) is 11.3. The largest absolute Gasteiger partial charge is 0.321 e. The molecule has 0 aromatic heterocycles. The molecule has 2 nitrogen and oxygen atoms in total. The summed E-state index contributed by atoms with van der Waals surface area (Å²) < 4.78 is 51.4. The van der Waals surface area contributed by atoms with E-state index in [0.29, 0.717) is 0 Å². The van der Waals surface area contributed by atoms with Crippen molar-refractivity contribution in [1.82, 2.24) is 0 Å². The Morgan fingerprint density at radius 2 is 1.76 bits per heavy atom. The molecule has 0 heterocycles. The zero-order valence-electron chi connectivity index (χ0n) is 10.4. The fourth-order valence-corrected chi connectivity index (χ4v) is 2.23. The van der Waals surface area contributed by atoms with Crippen molar-refractivity contribution >= 4 is 23.4 Å². The number of hydrogen-bond donors (Lipinski definition) is 1. The molecule has 0 spiro atoms. The molecule has 0 unspecified atom stereocenters. The van der Waals surface area contributed by atoms with Crippen LogP contribution in [0, 0.1) is 11.6 Å². The molecule has 0 saturated carbocycles. The van der Waals surface area contributed by atoms with E-state index in [0.717, 1.165) is 12.1 Å². The standard InChI is InChI=1S/C14H9F4NOS/c15-9-5-3-4-8(12(9)16)13(20)19-10-6-1-2-7-11(10)21-14(17)18/h1-7,14H,(H,19,20). The molecule has 0 fully saturated rings. The van der Waals surface area contributed by atoms with E-state index in [1.165, 1.54) is 30.3 Å². The van der Waals surface area contributed by atoms with E-state index >= 15 is 0 Å². The zero-order chi connectivity index (χ0) is 15.4. The van der Waals surface area contributed by atoms with Crippen LogP contribution in [0.2, 0.25) is 0 Å². The number of halogens is 4. The number of anilines is 1. The first-order chi connectivity index (χ1) is 9.99. The molecule has 7 heteroatoms. The van der Waals surface area contributed by atoms with E-state index in [2.05, 4.69) is 5.32 Å². The van der Waals surface area contributed by atoms with Crippen LogP contribution < -0.4 is 5.32 Å². The summed E-state index contributed by atoms with van der Waals surface area (Å²) in [4.78, 5) is 12.0. The lowest BCUT2D eigenvalue weighted by atomic mass is 10.2. The molecule has 2 aromatic carbocycles. The lowest BCUT2D eigenvalue weighted by Crippen LogP contribution is -2.15. The van der Waals surface area contributed by atoms with E-state index in [4.69, 9.17) is 0 Å². The number of alkyl halides is 2. The van der Waals surface area contributed by atoms with Gasteiger partial charge in [-0.25, -0.2) is 8.78 Å². The molecule has 2 rings (SSSR count). The number of carbonyl (C=O) groups is 1. The highest BCUT2D eigenvalue weighted by atomic mass is 32.2. The van der Waals surface area contributed by atoms with Gasteiger partial charge in [0.05, 0.1) is 11.3 Å². The van der Waals surface area contributed by atoms with Crippen LogP contribution >= 0.6 is 11.8 Å². The SMILES string of the molecule is O=C(Nc1ccccc1SC(F)F)c1cccc(F)c1F. The van der Waals surface area contributed by atoms with Crippen LogP contribution in [0.1, 0.15) is 10.4 Å². The normalized spacial score (nSPS) is 10.7. The summed E-state index contributed by atoms with van der Waals surface area (Å²) in [5.74, 6) is -6.00. The van der Waals surface area contributed by atoms with Crippen molar-refractivity contribution in [2.24, 2.45) is 0 Å². The molecule has 0 radical (unpaired) electrons. The Bertz CT molecular complexity index is 663. The number of amides is 1. The Kier molecular flexibility index (Phi) is 4.85. The van der Waals surface area contributed by atoms with Gasteiger partial charge in [0.15, 0.2) is 11.6 Å². The van der Waals surface area contributed by atoms with Crippen LogP contribution in [0.15, 0.2) is 47.4 Å². The molecule has 0 bridgehead atoms. The number of nitrogens with one attached hydrogen (secondary N) is 1. The fraction of sp³-hybridized carbons (Fsp3) is 0.0714. The van der Waals surface area contributed by atoms with Gasteiger partial charge in [-0.2, -0.15) is 8.78 Å². The van der Waals surface area contributed by atoms with Gasteiger partial charge in [-0.3, -0.25) is 4.79 Å². The van der Waals surface area contributed by atoms with E-state index in [1.807, 2.05) is 0 Å². The number of thioether (sulfide) groups is 1. The summed E-state index contributed by atoms with van der Waals surface area (Å²) in [7, 11) is 0. The molecule has 1 amide bonds. The topological polar surface area (TPSA) is 29.1 Å². The van der Waals surface area contributed by atoms with Crippen molar-refractivity contribution in [2.45, 2.75) is 10.7 Å². The number of rotatable bonds is 4. The summed E-state index contributed by atoms with van der Waals surface area (Å²) in [6, 6.07) is 9.04. The van der Waals surface area contributed by atoms with Crippen LogP contribution in [-0.2, 0) is 0 Å². The second-order valence-electron chi connectivity index (χ2n) is 3.93. The molecular formula is C14H9F4NOS. The van der Waals surface area contributed by atoms with Crippen LogP contribution in [-0.4, -0.2) is 11.7 Å². The molecule has 0 atom stereocenters. The van der Waals surface area contributed by atoms with Crippen molar-refractivity contribution in [3.63, 3.8) is 0 Å². The maximum Gasteiger partial charge on any atom is 0.288 e. The second kappa shape index (κ2) is 6.62. The molecule has 1 N–H and O–H groups in total. The number of benzene rings is 2. The quantitative estimate of drug-likeness (QED) is 0.663. The Hall–Kier alpha value is -2.02. The van der Waals surface area contributed by atoms with Crippen LogP contribution in [0.3, 0.4) is 0 Å². The van der Waals surface area contributed by atoms with Crippen LogP contribution in [0.25, 0.3) is 0 Å². The number of para-hydroxylation sites is 1. The predicted molar refractivity (Wildman–Crippen MR) is 72.6 cm³/mol. The van der Waals surface area contributed by atoms with Gasteiger partial charge in [-0.05, 0) is 24.3 Å². The molecular weight excluding hydrogens is 306 g/mol. The third-order valence-electron chi connectivity index (χ3n) is 2.55. The van der Waals surface area contributed by atoms with Gasteiger partial charge in [-0.15, -0.1) is 0 Å². The van der Waals surface area contributed by atoms with Crippen molar-refractivity contribution in [3.05, 3.63) is 59.7 Å². The maximum atomic E-state index is 13.5. The maximum absolute atomic E-state index is 13.5. The monoisotopic (exact) mass is 315 g/mol. The molecule has 0 aliphatic carbocycles. The van der Waals surface area contributed by atoms with Gasteiger partial charge in [0.25, 0.3) is 11.7 Å². The van der Waals surface area contributed by atoms with Crippen LogP contribution in [0.4, 0.5) is 23.2 Å². The van der Waals surface area contributed by atoms with Crippen molar-refractivity contribution in [3.8, 4) is 0 Å². The van der Waals surface area contributed by atoms with E-state index in [-0.39, 0.29) is 22.3 Å². The fourth-order valence-electron chi connectivity index (χ4n) is 1.64. The average Bonchev–Trinajstić information content (AvgIpc) is 2.43. The minimum atomic E-state index is -2.66. The Morgan fingerprint density at radius 3 is 2.48 bits per heavy atom. The molecule has 2 aromatic rings. The van der Waals surface area contributed by atoms with E-state index in [9.17, 15) is 22.4 Å². The number of hydrogen-bond acceptors (Lipinski definition) is 2. The second-order valence-corrected chi connectivity index (χ2v) is 4.96. The summed E-state index contributed by atoms with van der Waals surface area (Å²) >= 11 is 0.254. The first-order valence-corrected chi connectivity index (χ1v) is 6.66. The van der Waals surface area contributed by atoms with Crippen molar-refractivity contribution < 1.29 is 22.4 Å². The van der Waals surface area contributed by atoms with E-state index in [1.54, 1.807) is 0 Å². The van der Waals surface area contributed by atoms with Gasteiger partial charge in [0, 0.05) is 4.90 Å². The van der Waals surface area contributed by atoms with Crippen molar-refractivity contribution in [1.29, 1.82) is 0 Å². The van der Waals surface area contributed by atoms with Gasteiger partial charge in [0.1, 0.15) is 0 Å². The Morgan fingerprint density at radius 1 is 1.05 bits per heavy atom. The highest BCUT2D eigenvalue weighted by Gasteiger charge is 2.17. The molecule has 0 aliphatic heterocycles. The first kappa shape index (κ1) is 15.4. The number of carbonyl (C=O) groups excluding carboxylic acids is 1.